The van der Waals surface area contributed by atoms with Crippen LogP contribution in [0.15, 0.2) is 53.2 Å². The molecule has 2 rings (SSSR count). The van der Waals surface area contributed by atoms with Crippen molar-refractivity contribution in [1.82, 2.24) is 5.32 Å². The number of alkyl halides is 3. The first kappa shape index (κ1) is 15.7. The summed E-state index contributed by atoms with van der Waals surface area (Å²) in [7, 11) is 0. The average molecular weight is 311 g/mol. The van der Waals surface area contributed by atoms with Gasteiger partial charge in [0.25, 0.3) is 0 Å². The molecule has 1 amide bonds. The lowest BCUT2D eigenvalue weighted by atomic mass is 10.2. The van der Waals surface area contributed by atoms with Gasteiger partial charge < -0.3 is 14.5 Å². The Morgan fingerprint density at radius 1 is 1.23 bits per heavy atom. The molecule has 0 bridgehead atoms. The lowest BCUT2D eigenvalue weighted by Crippen LogP contribution is -2.19. The van der Waals surface area contributed by atoms with Crippen molar-refractivity contribution in [2.45, 2.75) is 12.9 Å². The summed E-state index contributed by atoms with van der Waals surface area (Å²) < 4.78 is 44.8. The van der Waals surface area contributed by atoms with Crippen LogP contribution in [0.25, 0.3) is 6.08 Å². The quantitative estimate of drug-likeness (QED) is 0.860. The molecule has 0 aliphatic heterocycles. The fourth-order valence-corrected chi connectivity index (χ4v) is 1.60. The van der Waals surface area contributed by atoms with Crippen LogP contribution in [0.4, 0.5) is 13.2 Å². The SMILES string of the molecule is O=C(/C=C/c1ccc(OC(F)(F)F)cc1)NCc1ccco1. The van der Waals surface area contributed by atoms with Gasteiger partial charge in [0, 0.05) is 6.08 Å². The molecule has 0 radical (unpaired) electrons. The number of amides is 1. The van der Waals surface area contributed by atoms with Crippen molar-refractivity contribution in [3.63, 3.8) is 0 Å². The predicted octanol–water partition coefficient (Wildman–Crippen LogP) is 3.51. The Labute approximate surface area is 124 Å². The van der Waals surface area contributed by atoms with Gasteiger partial charge in [-0.2, -0.15) is 0 Å². The van der Waals surface area contributed by atoms with Gasteiger partial charge in [-0.3, -0.25) is 4.79 Å². The molecule has 0 saturated carbocycles. The number of benzene rings is 1. The Morgan fingerprint density at radius 2 is 1.95 bits per heavy atom. The van der Waals surface area contributed by atoms with Gasteiger partial charge in [0.05, 0.1) is 12.8 Å². The average Bonchev–Trinajstić information content (AvgIpc) is 2.96. The van der Waals surface area contributed by atoms with Crippen molar-refractivity contribution >= 4 is 12.0 Å². The third-order valence-corrected chi connectivity index (χ3v) is 2.56. The molecule has 1 aromatic carbocycles. The minimum atomic E-state index is -4.72. The molecule has 0 unspecified atom stereocenters. The molecule has 1 heterocycles. The van der Waals surface area contributed by atoms with E-state index in [1.54, 1.807) is 12.1 Å². The van der Waals surface area contributed by atoms with Gasteiger partial charge in [0.2, 0.25) is 5.91 Å². The van der Waals surface area contributed by atoms with E-state index < -0.39 is 6.36 Å². The Hall–Kier alpha value is -2.70. The Kier molecular flexibility index (Phi) is 4.88. The minimum absolute atomic E-state index is 0.258. The van der Waals surface area contributed by atoms with Crippen LogP contribution in [0.3, 0.4) is 0 Å². The molecule has 0 atom stereocenters. The number of halogens is 3. The largest absolute Gasteiger partial charge is 0.573 e. The molecule has 7 heteroatoms. The van der Waals surface area contributed by atoms with E-state index >= 15 is 0 Å². The molecule has 0 aliphatic carbocycles. The Balaban J connectivity index is 1.85. The summed E-state index contributed by atoms with van der Waals surface area (Å²) in [5.41, 5.74) is 0.572. The maximum atomic E-state index is 12.0. The van der Waals surface area contributed by atoms with E-state index in [4.69, 9.17) is 4.42 Å². The number of furan rings is 1. The summed E-state index contributed by atoms with van der Waals surface area (Å²) in [5.74, 6) is -0.0330. The second-order valence-corrected chi connectivity index (χ2v) is 4.25. The fourth-order valence-electron chi connectivity index (χ4n) is 1.60. The van der Waals surface area contributed by atoms with Gasteiger partial charge in [-0.15, -0.1) is 13.2 Å². The maximum absolute atomic E-state index is 12.0. The lowest BCUT2D eigenvalue weighted by Gasteiger charge is -2.08. The first-order chi connectivity index (χ1) is 10.4. The fraction of sp³-hybridized carbons (Fsp3) is 0.133. The summed E-state index contributed by atoms with van der Waals surface area (Å²) >= 11 is 0. The predicted molar refractivity (Wildman–Crippen MR) is 72.7 cm³/mol. The molecule has 116 valence electrons. The van der Waals surface area contributed by atoms with Gasteiger partial charge >= 0.3 is 6.36 Å². The van der Waals surface area contributed by atoms with Crippen LogP contribution >= 0.6 is 0 Å². The highest BCUT2D eigenvalue weighted by atomic mass is 19.4. The van der Waals surface area contributed by atoms with E-state index in [-0.39, 0.29) is 18.2 Å². The minimum Gasteiger partial charge on any atom is -0.467 e. The van der Waals surface area contributed by atoms with Crippen LogP contribution in [0.1, 0.15) is 11.3 Å². The zero-order valence-electron chi connectivity index (χ0n) is 11.3. The highest BCUT2D eigenvalue weighted by Gasteiger charge is 2.30. The molecule has 0 fully saturated rings. The van der Waals surface area contributed by atoms with Crippen molar-refractivity contribution in [3.05, 3.63) is 60.1 Å². The maximum Gasteiger partial charge on any atom is 0.573 e. The topological polar surface area (TPSA) is 51.5 Å². The van der Waals surface area contributed by atoms with Crippen LogP contribution in [-0.2, 0) is 11.3 Å². The summed E-state index contributed by atoms with van der Waals surface area (Å²) in [6.45, 7) is 0.258. The number of carbonyl (C=O) groups excluding carboxylic acids is 1. The third kappa shape index (κ3) is 5.35. The van der Waals surface area contributed by atoms with Gasteiger partial charge in [-0.05, 0) is 35.9 Å². The summed E-state index contributed by atoms with van der Waals surface area (Å²) in [5, 5.41) is 2.60. The van der Waals surface area contributed by atoms with Crippen LogP contribution in [0.5, 0.6) is 5.75 Å². The Morgan fingerprint density at radius 3 is 2.55 bits per heavy atom. The molecular formula is C15H12F3NO3. The molecule has 1 aromatic heterocycles. The molecule has 1 N–H and O–H groups in total. The van der Waals surface area contributed by atoms with Crippen molar-refractivity contribution in [2.75, 3.05) is 0 Å². The molecular weight excluding hydrogens is 299 g/mol. The zero-order chi connectivity index (χ0) is 16.0. The van der Waals surface area contributed by atoms with E-state index in [0.29, 0.717) is 11.3 Å². The molecule has 4 nitrogen and oxygen atoms in total. The molecule has 22 heavy (non-hydrogen) atoms. The van der Waals surface area contributed by atoms with Crippen molar-refractivity contribution < 1.29 is 27.1 Å². The number of nitrogens with one attached hydrogen (secondary N) is 1. The van der Waals surface area contributed by atoms with E-state index in [1.165, 1.54) is 42.7 Å². The second-order valence-electron chi connectivity index (χ2n) is 4.25. The zero-order valence-corrected chi connectivity index (χ0v) is 11.3. The number of hydrogen-bond donors (Lipinski definition) is 1. The highest BCUT2D eigenvalue weighted by molar-refractivity contribution is 5.91. The van der Waals surface area contributed by atoms with E-state index in [2.05, 4.69) is 10.1 Å². The standard InChI is InChI=1S/C15H12F3NO3/c16-15(17,18)22-12-6-3-11(4-7-12)5-8-14(20)19-10-13-2-1-9-21-13/h1-9H,10H2,(H,19,20)/b8-5+. The normalized spacial score (nSPS) is 11.6. The summed E-state index contributed by atoms with van der Waals surface area (Å²) in [6, 6.07) is 8.61. The highest BCUT2D eigenvalue weighted by Crippen LogP contribution is 2.22. The molecule has 0 saturated heterocycles. The Bertz CT molecular complexity index is 631. The summed E-state index contributed by atoms with van der Waals surface area (Å²) in [4.78, 5) is 11.6. The van der Waals surface area contributed by atoms with Crippen molar-refractivity contribution in [3.8, 4) is 5.75 Å². The number of carbonyl (C=O) groups is 1. The van der Waals surface area contributed by atoms with E-state index in [9.17, 15) is 18.0 Å². The van der Waals surface area contributed by atoms with Crippen LogP contribution in [-0.4, -0.2) is 12.3 Å². The second kappa shape index (κ2) is 6.84. The summed E-state index contributed by atoms with van der Waals surface area (Å²) in [6.07, 6.45) is -0.456. The van der Waals surface area contributed by atoms with Gasteiger partial charge in [0.1, 0.15) is 11.5 Å². The first-order valence-electron chi connectivity index (χ1n) is 6.26. The number of ether oxygens (including phenoxy) is 1. The number of hydrogen-bond acceptors (Lipinski definition) is 3. The molecule has 0 aliphatic rings. The van der Waals surface area contributed by atoms with Crippen LogP contribution in [0.2, 0.25) is 0 Å². The van der Waals surface area contributed by atoms with Gasteiger partial charge in [-0.1, -0.05) is 12.1 Å². The van der Waals surface area contributed by atoms with Crippen LogP contribution in [0, 0.1) is 0 Å². The van der Waals surface area contributed by atoms with Crippen LogP contribution < -0.4 is 10.1 Å². The van der Waals surface area contributed by atoms with Gasteiger partial charge in [0.15, 0.2) is 0 Å². The van der Waals surface area contributed by atoms with Crippen molar-refractivity contribution in [1.29, 1.82) is 0 Å². The van der Waals surface area contributed by atoms with Gasteiger partial charge in [-0.25, -0.2) is 0 Å². The lowest BCUT2D eigenvalue weighted by molar-refractivity contribution is -0.274. The third-order valence-electron chi connectivity index (χ3n) is 2.56. The van der Waals surface area contributed by atoms with E-state index in [0.717, 1.165) is 0 Å². The molecule has 2 aromatic rings. The van der Waals surface area contributed by atoms with E-state index in [1.807, 2.05) is 0 Å². The molecule has 0 spiro atoms. The van der Waals surface area contributed by atoms with Crippen molar-refractivity contribution in [2.24, 2.45) is 0 Å². The smallest absolute Gasteiger partial charge is 0.467 e. The monoisotopic (exact) mass is 311 g/mol. The number of rotatable bonds is 5. The first-order valence-corrected chi connectivity index (χ1v) is 6.26.